The van der Waals surface area contributed by atoms with Crippen LogP contribution in [0.5, 0.6) is 5.75 Å². The molecule has 0 aliphatic heterocycles. The van der Waals surface area contributed by atoms with Crippen molar-refractivity contribution in [2.75, 3.05) is 26.9 Å². The molecule has 0 aromatic heterocycles. The maximum absolute atomic E-state index is 11.7. The van der Waals surface area contributed by atoms with Crippen LogP contribution in [-0.2, 0) is 9.53 Å². The highest BCUT2D eigenvalue weighted by atomic mass is 16.5. The van der Waals surface area contributed by atoms with Crippen molar-refractivity contribution in [3.8, 4) is 5.75 Å². The van der Waals surface area contributed by atoms with Gasteiger partial charge in [-0.15, -0.1) is 0 Å². The zero-order valence-electron chi connectivity index (χ0n) is 12.1. The first-order valence-corrected chi connectivity index (χ1v) is 6.74. The van der Waals surface area contributed by atoms with Crippen molar-refractivity contribution in [1.82, 2.24) is 5.32 Å². The molecule has 5 nitrogen and oxygen atoms in total. The Labute approximate surface area is 119 Å². The number of aliphatic hydroxyl groups is 1. The predicted octanol–water partition coefficient (Wildman–Crippen LogP) is 1.28. The van der Waals surface area contributed by atoms with E-state index in [0.717, 1.165) is 11.3 Å². The van der Waals surface area contributed by atoms with Crippen LogP contribution >= 0.6 is 0 Å². The summed E-state index contributed by atoms with van der Waals surface area (Å²) in [6, 6.07) is 7.54. The molecule has 0 fully saturated rings. The van der Waals surface area contributed by atoms with Gasteiger partial charge in [-0.3, -0.25) is 4.79 Å². The van der Waals surface area contributed by atoms with Crippen LogP contribution in [0, 0.1) is 6.92 Å². The van der Waals surface area contributed by atoms with Crippen LogP contribution in [-0.4, -0.2) is 44.0 Å². The third-order valence-electron chi connectivity index (χ3n) is 2.80. The molecule has 2 N–H and O–H groups in total. The smallest absolute Gasteiger partial charge is 0.223 e. The maximum Gasteiger partial charge on any atom is 0.223 e. The highest BCUT2D eigenvalue weighted by Gasteiger charge is 2.11. The van der Waals surface area contributed by atoms with Gasteiger partial charge in [0.15, 0.2) is 0 Å². The average molecular weight is 281 g/mol. The van der Waals surface area contributed by atoms with Crippen LogP contribution in [0.15, 0.2) is 24.3 Å². The van der Waals surface area contributed by atoms with Crippen LogP contribution in [0.1, 0.15) is 18.4 Å². The van der Waals surface area contributed by atoms with Gasteiger partial charge in [0.25, 0.3) is 0 Å². The van der Waals surface area contributed by atoms with Gasteiger partial charge in [0.1, 0.15) is 5.75 Å². The molecule has 0 heterocycles. The number of aliphatic hydroxyl groups excluding tert-OH is 1. The van der Waals surface area contributed by atoms with Crippen LogP contribution < -0.4 is 10.1 Å². The average Bonchev–Trinajstić information content (AvgIpc) is 2.39. The number of rotatable bonds is 9. The monoisotopic (exact) mass is 281 g/mol. The van der Waals surface area contributed by atoms with Gasteiger partial charge < -0.3 is 19.9 Å². The Morgan fingerprint density at radius 3 is 2.90 bits per heavy atom. The van der Waals surface area contributed by atoms with E-state index < -0.39 is 0 Å². The third-order valence-corrected chi connectivity index (χ3v) is 2.80. The van der Waals surface area contributed by atoms with Crippen molar-refractivity contribution in [1.29, 1.82) is 0 Å². The Bertz CT molecular complexity index is 403. The van der Waals surface area contributed by atoms with Gasteiger partial charge in [0.2, 0.25) is 5.91 Å². The summed E-state index contributed by atoms with van der Waals surface area (Å²) < 4.78 is 10.5. The molecule has 112 valence electrons. The summed E-state index contributed by atoms with van der Waals surface area (Å²) in [6.07, 6.45) is 0.762. The number of ether oxygens (including phenoxy) is 2. The van der Waals surface area contributed by atoms with E-state index in [1.807, 2.05) is 31.2 Å². The summed E-state index contributed by atoms with van der Waals surface area (Å²) >= 11 is 0. The number of hydrogen-bond acceptors (Lipinski definition) is 4. The van der Waals surface area contributed by atoms with Crippen molar-refractivity contribution >= 4 is 5.91 Å². The fourth-order valence-corrected chi connectivity index (χ4v) is 1.82. The quantitative estimate of drug-likeness (QED) is 0.715. The molecule has 1 rings (SSSR count). The first kappa shape index (κ1) is 16.5. The molecule has 0 bridgehead atoms. The van der Waals surface area contributed by atoms with Crippen molar-refractivity contribution in [2.24, 2.45) is 0 Å². The Morgan fingerprint density at radius 2 is 2.25 bits per heavy atom. The summed E-state index contributed by atoms with van der Waals surface area (Å²) in [4.78, 5) is 11.7. The summed E-state index contributed by atoms with van der Waals surface area (Å²) in [6.45, 7) is 2.73. The number of methoxy groups -OCH3 is 1. The Hall–Kier alpha value is -1.59. The Morgan fingerprint density at radius 1 is 1.45 bits per heavy atom. The fourth-order valence-electron chi connectivity index (χ4n) is 1.82. The largest absolute Gasteiger partial charge is 0.493 e. The van der Waals surface area contributed by atoms with Crippen molar-refractivity contribution in [3.63, 3.8) is 0 Å². The van der Waals surface area contributed by atoms with Gasteiger partial charge in [-0.1, -0.05) is 12.1 Å². The van der Waals surface area contributed by atoms with Crippen molar-refractivity contribution < 1.29 is 19.4 Å². The van der Waals surface area contributed by atoms with Crippen molar-refractivity contribution in [3.05, 3.63) is 29.8 Å². The highest BCUT2D eigenvalue weighted by molar-refractivity contribution is 5.76. The number of carbonyl (C=O) groups excluding carboxylic acids is 1. The summed E-state index contributed by atoms with van der Waals surface area (Å²) in [5.74, 6) is 0.662. The van der Waals surface area contributed by atoms with Crippen molar-refractivity contribution in [2.45, 2.75) is 25.8 Å². The molecule has 5 heteroatoms. The molecule has 0 aliphatic rings. The maximum atomic E-state index is 11.7. The molecule has 1 unspecified atom stereocenters. The van der Waals surface area contributed by atoms with Gasteiger partial charge >= 0.3 is 0 Å². The van der Waals surface area contributed by atoms with E-state index in [1.54, 1.807) is 7.11 Å². The molecular formula is C15H23NO4. The molecule has 1 aromatic rings. The predicted molar refractivity (Wildman–Crippen MR) is 76.8 cm³/mol. The standard InChI is InChI=1S/C15H23NO4/c1-12-4-3-5-14(10-12)20-9-7-15(18)16-13(6-8-17)11-19-2/h3-5,10,13,17H,6-9,11H2,1-2H3,(H,16,18). The van der Waals surface area contributed by atoms with Crippen LogP contribution in [0.4, 0.5) is 0 Å². The van der Waals surface area contributed by atoms with Crippen LogP contribution in [0.2, 0.25) is 0 Å². The second-order valence-corrected chi connectivity index (χ2v) is 4.65. The fraction of sp³-hybridized carbons (Fsp3) is 0.533. The number of nitrogens with one attached hydrogen (secondary N) is 1. The van der Waals surface area contributed by atoms with Gasteiger partial charge in [-0.2, -0.15) is 0 Å². The van der Waals surface area contributed by atoms with Crippen LogP contribution in [0.3, 0.4) is 0 Å². The Kier molecular flexibility index (Phi) is 7.69. The van der Waals surface area contributed by atoms with E-state index in [2.05, 4.69) is 5.32 Å². The lowest BCUT2D eigenvalue weighted by Crippen LogP contribution is -2.39. The first-order valence-electron chi connectivity index (χ1n) is 6.74. The lowest BCUT2D eigenvalue weighted by molar-refractivity contribution is -0.122. The minimum Gasteiger partial charge on any atom is -0.493 e. The molecule has 1 aromatic carbocycles. The molecule has 0 saturated carbocycles. The van der Waals surface area contributed by atoms with E-state index in [9.17, 15) is 4.79 Å². The molecule has 1 amide bonds. The molecular weight excluding hydrogens is 258 g/mol. The number of amides is 1. The zero-order valence-corrected chi connectivity index (χ0v) is 12.1. The minimum atomic E-state index is -0.156. The Balaban J connectivity index is 2.28. The van der Waals surface area contributed by atoms with Gasteiger partial charge in [-0.25, -0.2) is 0 Å². The molecule has 0 saturated heterocycles. The second kappa shape index (κ2) is 9.34. The number of aryl methyl sites for hydroxylation is 1. The van der Waals surface area contributed by atoms with E-state index in [1.165, 1.54) is 0 Å². The molecule has 1 atom stereocenters. The minimum absolute atomic E-state index is 0.0219. The highest BCUT2D eigenvalue weighted by Crippen LogP contribution is 2.12. The molecule has 0 spiro atoms. The molecule has 0 aliphatic carbocycles. The molecule has 0 radical (unpaired) electrons. The number of benzene rings is 1. The van der Waals surface area contributed by atoms with Gasteiger partial charge in [0, 0.05) is 13.7 Å². The number of carbonyl (C=O) groups is 1. The normalized spacial score (nSPS) is 11.9. The first-order chi connectivity index (χ1) is 9.65. The van der Waals surface area contributed by atoms with Gasteiger partial charge in [0.05, 0.1) is 25.7 Å². The summed E-state index contributed by atoms with van der Waals surface area (Å²) in [7, 11) is 1.57. The van der Waals surface area contributed by atoms with E-state index in [0.29, 0.717) is 19.6 Å². The lowest BCUT2D eigenvalue weighted by Gasteiger charge is -2.16. The SMILES string of the molecule is COCC(CCO)NC(=O)CCOc1cccc(C)c1. The third kappa shape index (κ3) is 6.54. The van der Waals surface area contributed by atoms with E-state index in [-0.39, 0.29) is 25.0 Å². The van der Waals surface area contributed by atoms with E-state index >= 15 is 0 Å². The topological polar surface area (TPSA) is 67.8 Å². The van der Waals surface area contributed by atoms with Crippen LogP contribution in [0.25, 0.3) is 0 Å². The van der Waals surface area contributed by atoms with Gasteiger partial charge in [-0.05, 0) is 31.0 Å². The van der Waals surface area contributed by atoms with E-state index in [4.69, 9.17) is 14.6 Å². The zero-order chi connectivity index (χ0) is 14.8. The summed E-state index contributed by atoms with van der Waals surface area (Å²) in [5, 5.41) is 11.7. The molecule has 20 heavy (non-hydrogen) atoms. The number of hydrogen-bond donors (Lipinski definition) is 2. The summed E-state index contributed by atoms with van der Waals surface area (Å²) in [5.41, 5.74) is 1.12. The lowest BCUT2D eigenvalue weighted by atomic mass is 10.2. The second-order valence-electron chi connectivity index (χ2n) is 4.65.